The molecule has 19 heavy (non-hydrogen) atoms. The number of nitrogens with zero attached hydrogens (tertiary/aromatic N) is 1. The van der Waals surface area contributed by atoms with Crippen molar-refractivity contribution >= 4 is 11.6 Å². The minimum Gasteiger partial charge on any atom is -0.497 e. The first kappa shape index (κ1) is 13.7. The maximum Gasteiger partial charge on any atom is 0.254 e. The van der Waals surface area contributed by atoms with Gasteiger partial charge in [-0.15, -0.1) is 0 Å². The third kappa shape index (κ3) is 3.19. The van der Waals surface area contributed by atoms with E-state index < -0.39 is 0 Å². The maximum absolute atomic E-state index is 12.5. The van der Waals surface area contributed by atoms with E-state index in [9.17, 15) is 4.79 Å². The second-order valence-electron chi connectivity index (χ2n) is 5.16. The number of anilines is 1. The van der Waals surface area contributed by atoms with Crippen molar-refractivity contribution in [2.45, 2.75) is 26.2 Å². The van der Waals surface area contributed by atoms with Crippen LogP contribution in [0.2, 0.25) is 0 Å². The van der Waals surface area contributed by atoms with Gasteiger partial charge < -0.3 is 15.4 Å². The topological polar surface area (TPSA) is 55.6 Å². The van der Waals surface area contributed by atoms with Crippen LogP contribution in [-0.4, -0.2) is 31.0 Å². The number of carbonyl (C=O) groups is 1. The van der Waals surface area contributed by atoms with Crippen LogP contribution in [-0.2, 0) is 0 Å². The Kier molecular flexibility index (Phi) is 4.30. The smallest absolute Gasteiger partial charge is 0.254 e. The van der Waals surface area contributed by atoms with Gasteiger partial charge in [0.2, 0.25) is 0 Å². The normalized spacial score (nSPS) is 19.3. The van der Waals surface area contributed by atoms with Gasteiger partial charge in [0.25, 0.3) is 5.91 Å². The van der Waals surface area contributed by atoms with Crippen molar-refractivity contribution < 1.29 is 9.53 Å². The van der Waals surface area contributed by atoms with E-state index in [1.54, 1.807) is 25.3 Å². The van der Waals surface area contributed by atoms with Crippen LogP contribution < -0.4 is 10.5 Å². The monoisotopic (exact) mass is 262 g/mol. The molecule has 1 aromatic carbocycles. The Labute approximate surface area is 114 Å². The zero-order valence-corrected chi connectivity index (χ0v) is 11.7. The van der Waals surface area contributed by atoms with E-state index in [1.807, 2.05) is 4.90 Å². The SMILES string of the molecule is CCC1CCCN(C(=O)c2cc(N)cc(OC)c2)C1. The number of methoxy groups -OCH3 is 1. The number of carbonyl (C=O) groups excluding carboxylic acids is 1. The summed E-state index contributed by atoms with van der Waals surface area (Å²) in [6, 6.07) is 5.20. The first-order valence-corrected chi connectivity index (χ1v) is 6.88. The second kappa shape index (κ2) is 5.95. The average molecular weight is 262 g/mol. The van der Waals surface area contributed by atoms with E-state index in [0.29, 0.717) is 22.9 Å². The van der Waals surface area contributed by atoms with Gasteiger partial charge in [-0.3, -0.25) is 4.79 Å². The molecule has 1 aliphatic heterocycles. The predicted molar refractivity (Wildman–Crippen MR) is 76.3 cm³/mol. The summed E-state index contributed by atoms with van der Waals surface area (Å²) in [6.45, 7) is 3.88. The average Bonchev–Trinajstić information content (AvgIpc) is 2.45. The zero-order valence-electron chi connectivity index (χ0n) is 11.7. The Hall–Kier alpha value is -1.71. The van der Waals surface area contributed by atoms with Crippen molar-refractivity contribution in [3.05, 3.63) is 23.8 Å². The minimum absolute atomic E-state index is 0.0590. The highest BCUT2D eigenvalue weighted by atomic mass is 16.5. The van der Waals surface area contributed by atoms with Crippen LogP contribution in [0.3, 0.4) is 0 Å². The molecule has 2 N–H and O–H groups in total. The zero-order chi connectivity index (χ0) is 13.8. The molecular weight excluding hydrogens is 240 g/mol. The van der Waals surface area contributed by atoms with E-state index in [1.165, 1.54) is 6.42 Å². The summed E-state index contributed by atoms with van der Waals surface area (Å²) in [5.41, 5.74) is 6.99. The Morgan fingerprint density at radius 2 is 2.26 bits per heavy atom. The van der Waals surface area contributed by atoms with Crippen LogP contribution in [0.25, 0.3) is 0 Å². The second-order valence-corrected chi connectivity index (χ2v) is 5.16. The summed E-state index contributed by atoms with van der Waals surface area (Å²) in [4.78, 5) is 14.4. The van der Waals surface area contributed by atoms with E-state index in [-0.39, 0.29) is 5.91 Å². The standard InChI is InChI=1S/C15H22N2O2/c1-3-11-5-4-6-17(10-11)15(18)12-7-13(16)9-14(8-12)19-2/h7-9,11H,3-6,10,16H2,1-2H3. The summed E-state index contributed by atoms with van der Waals surface area (Å²) in [5.74, 6) is 1.32. The molecule has 1 unspecified atom stereocenters. The number of ether oxygens (including phenoxy) is 1. The molecule has 0 radical (unpaired) electrons. The molecule has 4 heteroatoms. The largest absolute Gasteiger partial charge is 0.497 e. The molecule has 1 aromatic rings. The lowest BCUT2D eigenvalue weighted by Gasteiger charge is -2.32. The number of nitrogens with two attached hydrogens (primary N) is 1. The van der Waals surface area contributed by atoms with E-state index in [0.717, 1.165) is 25.9 Å². The summed E-state index contributed by atoms with van der Waals surface area (Å²) in [5, 5.41) is 0. The predicted octanol–water partition coefficient (Wildman–Crippen LogP) is 2.54. The van der Waals surface area contributed by atoms with E-state index in [2.05, 4.69) is 6.92 Å². The molecule has 1 amide bonds. The number of amides is 1. The van der Waals surface area contributed by atoms with E-state index in [4.69, 9.17) is 10.5 Å². The van der Waals surface area contributed by atoms with Gasteiger partial charge in [0, 0.05) is 30.4 Å². The van der Waals surface area contributed by atoms with Crippen LogP contribution in [0.15, 0.2) is 18.2 Å². The molecule has 1 fully saturated rings. The van der Waals surface area contributed by atoms with E-state index >= 15 is 0 Å². The van der Waals surface area contributed by atoms with Gasteiger partial charge in [-0.1, -0.05) is 13.3 Å². The van der Waals surface area contributed by atoms with Gasteiger partial charge in [-0.25, -0.2) is 0 Å². The number of piperidine rings is 1. The highest BCUT2D eigenvalue weighted by Crippen LogP contribution is 2.24. The first-order valence-electron chi connectivity index (χ1n) is 6.88. The molecule has 104 valence electrons. The quantitative estimate of drug-likeness (QED) is 0.852. The molecule has 1 saturated heterocycles. The molecule has 0 aliphatic carbocycles. The maximum atomic E-state index is 12.5. The molecule has 4 nitrogen and oxygen atoms in total. The van der Waals surface area contributed by atoms with Crippen molar-refractivity contribution in [1.82, 2.24) is 4.90 Å². The molecule has 1 aliphatic rings. The highest BCUT2D eigenvalue weighted by molar-refractivity contribution is 5.95. The summed E-state index contributed by atoms with van der Waals surface area (Å²) in [6.07, 6.45) is 3.44. The highest BCUT2D eigenvalue weighted by Gasteiger charge is 2.23. The lowest BCUT2D eigenvalue weighted by Crippen LogP contribution is -2.39. The van der Waals surface area contributed by atoms with Gasteiger partial charge in [0.1, 0.15) is 5.75 Å². The van der Waals surface area contributed by atoms with Crippen LogP contribution in [0.5, 0.6) is 5.75 Å². The summed E-state index contributed by atoms with van der Waals surface area (Å²) in [7, 11) is 1.58. The van der Waals surface area contributed by atoms with Gasteiger partial charge in [-0.2, -0.15) is 0 Å². The number of hydrogen-bond acceptors (Lipinski definition) is 3. The third-order valence-corrected chi connectivity index (χ3v) is 3.80. The van der Waals surface area contributed by atoms with Gasteiger partial charge >= 0.3 is 0 Å². The molecule has 0 spiro atoms. The number of nitrogen functional groups attached to an aromatic ring is 1. The molecular formula is C15H22N2O2. The number of rotatable bonds is 3. The molecule has 1 heterocycles. The Bertz CT molecular complexity index is 459. The fourth-order valence-corrected chi connectivity index (χ4v) is 2.63. The van der Waals surface area contributed by atoms with Crippen molar-refractivity contribution in [3.63, 3.8) is 0 Å². The van der Waals surface area contributed by atoms with Gasteiger partial charge in [0.15, 0.2) is 0 Å². The van der Waals surface area contributed by atoms with Crippen LogP contribution in [0.4, 0.5) is 5.69 Å². The molecule has 2 rings (SSSR count). The molecule has 1 atom stereocenters. The van der Waals surface area contributed by atoms with Crippen molar-refractivity contribution in [3.8, 4) is 5.75 Å². The number of hydrogen-bond donors (Lipinski definition) is 1. The van der Waals surface area contributed by atoms with Gasteiger partial charge in [0.05, 0.1) is 7.11 Å². The Morgan fingerprint density at radius 3 is 2.95 bits per heavy atom. The molecule has 0 bridgehead atoms. The Morgan fingerprint density at radius 1 is 1.47 bits per heavy atom. The van der Waals surface area contributed by atoms with Gasteiger partial charge in [-0.05, 0) is 30.9 Å². The van der Waals surface area contributed by atoms with Crippen molar-refractivity contribution in [2.24, 2.45) is 5.92 Å². The first-order chi connectivity index (χ1) is 9.13. The van der Waals surface area contributed by atoms with Crippen LogP contribution in [0.1, 0.15) is 36.5 Å². The fourth-order valence-electron chi connectivity index (χ4n) is 2.63. The molecule has 0 saturated carbocycles. The van der Waals surface area contributed by atoms with Crippen molar-refractivity contribution in [1.29, 1.82) is 0 Å². The van der Waals surface area contributed by atoms with Crippen LogP contribution >= 0.6 is 0 Å². The Balaban J connectivity index is 2.16. The lowest BCUT2D eigenvalue weighted by molar-refractivity contribution is 0.0671. The van der Waals surface area contributed by atoms with Crippen LogP contribution in [0, 0.1) is 5.92 Å². The summed E-state index contributed by atoms with van der Waals surface area (Å²) < 4.78 is 5.16. The number of benzene rings is 1. The lowest BCUT2D eigenvalue weighted by atomic mass is 9.95. The summed E-state index contributed by atoms with van der Waals surface area (Å²) >= 11 is 0. The van der Waals surface area contributed by atoms with Crippen molar-refractivity contribution in [2.75, 3.05) is 25.9 Å². The molecule has 0 aromatic heterocycles. The third-order valence-electron chi connectivity index (χ3n) is 3.80. The minimum atomic E-state index is 0.0590. The fraction of sp³-hybridized carbons (Fsp3) is 0.533. The number of likely N-dealkylation sites (tertiary alicyclic amines) is 1.